The predicted molar refractivity (Wildman–Crippen MR) is 151 cm³/mol. The van der Waals surface area contributed by atoms with Gasteiger partial charge in [-0.3, -0.25) is 0 Å². The molecule has 37 heavy (non-hydrogen) atoms. The number of rotatable bonds is 6. The summed E-state index contributed by atoms with van der Waals surface area (Å²) in [6.07, 6.45) is 0. The van der Waals surface area contributed by atoms with Gasteiger partial charge in [-0.1, -0.05) is 125 Å². The van der Waals surface area contributed by atoms with E-state index in [0.29, 0.717) is 0 Å². The van der Waals surface area contributed by atoms with Crippen LogP contribution in [0.4, 0.5) is 0 Å². The van der Waals surface area contributed by atoms with Crippen LogP contribution < -0.4 is 5.73 Å². The van der Waals surface area contributed by atoms with E-state index in [0.717, 1.165) is 16.7 Å². The maximum atomic E-state index is 12.8. The molecular weight excluding hydrogens is 589 g/mol. The summed E-state index contributed by atoms with van der Waals surface area (Å²) in [5.41, 5.74) is 13.1. The maximum absolute atomic E-state index is 12.8. The Kier molecular flexibility index (Phi) is 12.7. The van der Waals surface area contributed by atoms with Gasteiger partial charge in [-0.25, -0.2) is 8.42 Å². The Balaban J connectivity index is 0.000000367. The molecule has 0 spiro atoms. The Morgan fingerprint density at radius 2 is 1.05 bits per heavy atom. The third-order valence-corrected chi connectivity index (χ3v) is 6.98. The van der Waals surface area contributed by atoms with Gasteiger partial charge in [0.25, 0.3) is 0 Å². The van der Waals surface area contributed by atoms with Gasteiger partial charge in [-0.15, -0.1) is 0 Å². The van der Waals surface area contributed by atoms with Crippen LogP contribution in [-0.4, -0.2) is 8.42 Å². The van der Waals surface area contributed by atoms with Crippen molar-refractivity contribution < 1.29 is 25.7 Å². The molecule has 4 aromatic rings. The van der Waals surface area contributed by atoms with Crippen LogP contribution in [0, 0.1) is 27.7 Å². The van der Waals surface area contributed by atoms with E-state index in [2.05, 4.69) is 53.4 Å². The third kappa shape index (κ3) is 9.81. The minimum atomic E-state index is -3.83. The zero-order valence-corrected chi connectivity index (χ0v) is 24.8. The van der Waals surface area contributed by atoms with Gasteiger partial charge >= 0.3 is 27.0 Å². The average Bonchev–Trinajstić information content (AvgIpc) is 2.89. The first-order chi connectivity index (χ1) is 17.7. The number of nitrogens with two attached hydrogens (primary N) is 1. The van der Waals surface area contributed by atoms with Gasteiger partial charge in [0.15, 0.2) is 0 Å². The van der Waals surface area contributed by atoms with Crippen molar-refractivity contribution in [1.29, 1.82) is 0 Å². The summed E-state index contributed by atoms with van der Waals surface area (Å²) >= 11 is 1.82. The Morgan fingerprint density at radius 1 is 0.649 bits per heavy atom. The second kappa shape index (κ2) is 15.2. The molecule has 0 heterocycles. The molecule has 0 fully saturated rings. The second-order valence-corrected chi connectivity index (χ2v) is 10.5. The molecule has 0 amide bonds. The van der Waals surface area contributed by atoms with Crippen molar-refractivity contribution in [2.24, 2.45) is 5.73 Å². The molecule has 7 heteroatoms. The topological polar surface area (TPSA) is 74.3 Å². The predicted octanol–water partition coefficient (Wildman–Crippen LogP) is 7.80. The normalized spacial score (nSPS) is 12.3. The van der Waals surface area contributed by atoms with E-state index in [-0.39, 0.29) is 4.90 Å². The fourth-order valence-corrected chi connectivity index (χ4v) is 5.12. The van der Waals surface area contributed by atoms with E-state index in [1.54, 1.807) is 24.3 Å². The van der Waals surface area contributed by atoms with E-state index >= 15 is 0 Å². The molecule has 0 unspecified atom stereocenters. The summed E-state index contributed by atoms with van der Waals surface area (Å²) in [6, 6.07) is 30.7. The fourth-order valence-electron chi connectivity index (χ4n) is 3.96. The van der Waals surface area contributed by atoms with Crippen molar-refractivity contribution in [3.63, 3.8) is 0 Å². The van der Waals surface area contributed by atoms with Crippen molar-refractivity contribution >= 4 is 19.7 Å². The van der Waals surface area contributed by atoms with E-state index in [4.69, 9.17) is 5.73 Å². The number of halogens is 1. The zero-order valence-electron chi connectivity index (χ0n) is 21.5. The molecule has 0 saturated carbocycles. The Bertz CT molecular complexity index is 1280. The molecule has 0 aliphatic rings. The molecule has 195 valence electrons. The molecule has 4 nitrogen and oxygen atoms in total. The van der Waals surface area contributed by atoms with Crippen LogP contribution in [0.2, 0.25) is 0 Å². The standard InChI is InChI=1S/C21H21N2O2S.C9H12.ClH.Ru/c1-16-12-14-19(15-13-16)26(24,25)23-21(18-10-6-3-7-11-18)20(22)17-8-4-2-5-9-17;1-7-4-8(2)6-9(3)5-7;;/h2-15,20-21H,22H2,1H3;4-6H,1-3H3;1H;/q-1;;;+3/p-1/t20-,21-;;;/m1.../s1. The summed E-state index contributed by atoms with van der Waals surface area (Å²) < 4.78 is 29.9. The summed E-state index contributed by atoms with van der Waals surface area (Å²) in [4.78, 5) is 0.171. The Labute approximate surface area is 236 Å². The Morgan fingerprint density at radius 3 is 1.49 bits per heavy atom. The number of hydrogen-bond acceptors (Lipinski definition) is 3. The molecule has 0 bridgehead atoms. The van der Waals surface area contributed by atoms with E-state index < -0.39 is 22.1 Å². The fraction of sp³-hybridized carbons (Fsp3) is 0.200. The number of nitrogens with zero attached hydrogens (tertiary/aromatic N) is 1. The van der Waals surface area contributed by atoms with Crippen molar-refractivity contribution in [2.45, 2.75) is 44.7 Å². The SMILES string of the molecule is Cc1cc(C)cc(C)c1.Cc1ccc(S(=O)(=O)[N-][C@H](c2ccccc2)[C@H](N)c2ccccc2)cc1.[Cl][Ru+2]. The molecule has 4 rings (SSSR count). The van der Waals surface area contributed by atoms with Gasteiger partial charge in [0.1, 0.15) is 10.0 Å². The third-order valence-electron chi connectivity index (χ3n) is 5.60. The summed E-state index contributed by atoms with van der Waals surface area (Å²) in [5.74, 6) is 0. The minimum absolute atomic E-state index is 0.171. The van der Waals surface area contributed by atoms with Gasteiger partial charge in [0.05, 0.1) is 0 Å². The van der Waals surface area contributed by atoms with Gasteiger partial charge in [-0.2, -0.15) is 0 Å². The van der Waals surface area contributed by atoms with Crippen LogP contribution in [0.25, 0.3) is 4.72 Å². The first-order valence-electron chi connectivity index (χ1n) is 11.7. The van der Waals surface area contributed by atoms with Crippen LogP contribution in [0.5, 0.6) is 0 Å². The van der Waals surface area contributed by atoms with E-state index in [1.807, 2.05) is 84.9 Å². The molecule has 4 aromatic carbocycles. The molecule has 0 aromatic heterocycles. The van der Waals surface area contributed by atoms with Crippen molar-refractivity contribution in [3.8, 4) is 0 Å². The monoisotopic (exact) mass is 622 g/mol. The molecule has 0 aliphatic heterocycles. The number of benzene rings is 4. The van der Waals surface area contributed by atoms with Crippen molar-refractivity contribution in [2.75, 3.05) is 0 Å². The van der Waals surface area contributed by atoms with Gasteiger partial charge < -0.3 is 10.5 Å². The number of hydrogen-bond donors (Lipinski definition) is 1. The number of sulfonamides is 1. The van der Waals surface area contributed by atoms with Crippen LogP contribution in [-0.2, 0) is 27.3 Å². The van der Waals surface area contributed by atoms with Crippen LogP contribution in [0.1, 0.15) is 45.5 Å². The van der Waals surface area contributed by atoms with Gasteiger partial charge in [0.2, 0.25) is 0 Å². The molecular formula is C30H33ClN2O2RuS+. The molecule has 0 aliphatic carbocycles. The Hall–Kier alpha value is -2.34. The van der Waals surface area contributed by atoms with E-state index in [1.165, 1.54) is 16.7 Å². The van der Waals surface area contributed by atoms with Gasteiger partial charge in [-0.05, 0) is 45.4 Å². The second-order valence-electron chi connectivity index (χ2n) is 8.85. The van der Waals surface area contributed by atoms with E-state index in [9.17, 15) is 8.42 Å². The van der Waals surface area contributed by atoms with Crippen LogP contribution in [0.15, 0.2) is 108 Å². The van der Waals surface area contributed by atoms with Crippen LogP contribution >= 0.6 is 9.69 Å². The van der Waals surface area contributed by atoms with Crippen molar-refractivity contribution in [1.82, 2.24) is 0 Å². The quantitative estimate of drug-likeness (QED) is 0.223. The first kappa shape index (κ1) is 30.9. The van der Waals surface area contributed by atoms with Crippen molar-refractivity contribution in [3.05, 3.63) is 141 Å². The van der Waals surface area contributed by atoms with Crippen LogP contribution in [0.3, 0.4) is 0 Å². The summed E-state index contributed by atoms with van der Waals surface area (Å²) in [6.45, 7) is 8.28. The molecule has 2 N–H and O–H groups in total. The first-order valence-corrected chi connectivity index (χ1v) is 15.4. The summed E-state index contributed by atoms with van der Waals surface area (Å²) in [7, 11) is 0.736. The zero-order chi connectivity index (χ0) is 27.4. The molecule has 2 atom stereocenters. The average molecular weight is 622 g/mol. The van der Waals surface area contributed by atoms with Gasteiger partial charge in [0, 0.05) is 10.9 Å². The summed E-state index contributed by atoms with van der Waals surface area (Å²) in [5, 5.41) is 0. The molecule has 0 radical (unpaired) electrons. The molecule has 0 saturated heterocycles. The number of aryl methyl sites for hydroxylation is 4.